The molecule has 0 amide bonds. The number of rotatable bonds is 9. The molecular formula is C42H68N2O5. The number of nitrogens with zero attached hydrogens (tertiary/aromatic N) is 2. The van der Waals surface area contributed by atoms with Gasteiger partial charge in [-0.3, -0.25) is 19.4 Å². The van der Waals surface area contributed by atoms with Crippen LogP contribution in [0.2, 0.25) is 0 Å². The first kappa shape index (κ1) is 40.8. The fraction of sp³-hybridized carbons (Fsp3) is 0.714. The van der Waals surface area contributed by atoms with Gasteiger partial charge in [-0.2, -0.15) is 0 Å². The molecule has 0 spiro atoms. The van der Waals surface area contributed by atoms with Crippen molar-refractivity contribution in [3.05, 3.63) is 52.5 Å². The Kier molecular flexibility index (Phi) is 11.2. The summed E-state index contributed by atoms with van der Waals surface area (Å²) in [5.41, 5.74) is -1.26. The number of phenolic OH excluding ortho intramolecular Hbond substituents is 1. The van der Waals surface area contributed by atoms with Crippen molar-refractivity contribution in [2.45, 2.75) is 175 Å². The zero-order valence-electron chi connectivity index (χ0n) is 34.0. The SMILES string of the molecule is CCCCC(Cc1cc(C(C)(C)C)c(O)c(C(C)(C)C)c1)(C(=O)OC1=CC(C)(C)N(C)C(C)(C)C1)C(=O)OC1=CC(C)(C)N(C)C(C)(C)C1. The molecular weight excluding hydrogens is 612 g/mol. The van der Waals surface area contributed by atoms with Crippen molar-refractivity contribution in [3.8, 4) is 5.75 Å². The first-order valence-electron chi connectivity index (χ1n) is 18.2. The minimum Gasteiger partial charge on any atom is -0.507 e. The monoisotopic (exact) mass is 681 g/mol. The predicted molar refractivity (Wildman–Crippen MR) is 201 cm³/mol. The third kappa shape index (κ3) is 8.64. The molecule has 0 saturated heterocycles. The Morgan fingerprint density at radius 3 is 1.41 bits per heavy atom. The van der Waals surface area contributed by atoms with Crippen LogP contribution < -0.4 is 0 Å². The number of carbonyl (C=O) groups is 2. The van der Waals surface area contributed by atoms with Gasteiger partial charge in [-0.15, -0.1) is 0 Å². The van der Waals surface area contributed by atoms with Gasteiger partial charge < -0.3 is 14.6 Å². The zero-order chi connectivity index (χ0) is 37.8. The molecule has 2 heterocycles. The first-order valence-corrected chi connectivity index (χ1v) is 18.2. The highest BCUT2D eigenvalue weighted by atomic mass is 16.6. The topological polar surface area (TPSA) is 79.3 Å². The summed E-state index contributed by atoms with van der Waals surface area (Å²) in [6.07, 6.45) is 6.86. The molecule has 0 unspecified atom stereocenters. The highest BCUT2D eigenvalue weighted by molar-refractivity contribution is 6.01. The van der Waals surface area contributed by atoms with Gasteiger partial charge in [0.25, 0.3) is 0 Å². The summed E-state index contributed by atoms with van der Waals surface area (Å²) in [6.45, 7) is 31.5. The van der Waals surface area contributed by atoms with Gasteiger partial charge in [0.1, 0.15) is 17.3 Å². The lowest BCUT2D eigenvalue weighted by Gasteiger charge is -2.49. The second-order valence-electron chi connectivity index (χ2n) is 19.3. The van der Waals surface area contributed by atoms with Crippen LogP contribution in [-0.4, -0.2) is 63.1 Å². The average Bonchev–Trinajstić information content (AvgIpc) is 2.91. The summed E-state index contributed by atoms with van der Waals surface area (Å²) in [7, 11) is 4.17. The van der Waals surface area contributed by atoms with Gasteiger partial charge in [-0.1, -0.05) is 73.4 Å². The predicted octanol–water partition coefficient (Wildman–Crippen LogP) is 9.35. The fourth-order valence-corrected chi connectivity index (χ4v) is 7.59. The molecule has 49 heavy (non-hydrogen) atoms. The summed E-state index contributed by atoms with van der Waals surface area (Å²) < 4.78 is 12.8. The molecule has 1 N–H and O–H groups in total. The third-order valence-electron chi connectivity index (χ3n) is 11.3. The molecule has 1 aromatic carbocycles. The van der Waals surface area contributed by atoms with E-state index in [1.54, 1.807) is 0 Å². The van der Waals surface area contributed by atoms with Crippen LogP contribution in [0, 0.1) is 5.41 Å². The van der Waals surface area contributed by atoms with Crippen LogP contribution in [0.1, 0.15) is 153 Å². The number of unbranched alkanes of at least 4 members (excludes halogenated alkanes) is 1. The minimum absolute atomic E-state index is 0.0943. The maximum absolute atomic E-state index is 14.9. The van der Waals surface area contributed by atoms with Crippen molar-refractivity contribution in [3.63, 3.8) is 0 Å². The van der Waals surface area contributed by atoms with Gasteiger partial charge in [0.15, 0.2) is 5.41 Å². The third-order valence-corrected chi connectivity index (χ3v) is 11.3. The van der Waals surface area contributed by atoms with Crippen LogP contribution in [-0.2, 0) is 36.3 Å². The molecule has 0 atom stereocenters. The Hall–Kier alpha value is -2.64. The van der Waals surface area contributed by atoms with Crippen molar-refractivity contribution in [2.75, 3.05) is 14.1 Å². The van der Waals surface area contributed by atoms with Gasteiger partial charge in [-0.25, -0.2) is 0 Å². The summed E-state index contributed by atoms with van der Waals surface area (Å²) >= 11 is 0. The fourth-order valence-electron chi connectivity index (χ4n) is 7.59. The van der Waals surface area contributed by atoms with Crippen molar-refractivity contribution in [2.24, 2.45) is 5.41 Å². The molecule has 1 aromatic rings. The average molecular weight is 681 g/mol. The number of benzene rings is 1. The lowest BCUT2D eigenvalue weighted by atomic mass is 9.73. The highest BCUT2D eigenvalue weighted by Gasteiger charge is 2.52. The molecule has 0 aliphatic carbocycles. The van der Waals surface area contributed by atoms with E-state index < -0.39 is 17.4 Å². The smallest absolute Gasteiger partial charge is 0.328 e. The Balaban J connectivity index is 2.27. The number of likely N-dealkylation sites (N-methyl/N-ethyl adjacent to an activating group) is 2. The summed E-state index contributed by atoms with van der Waals surface area (Å²) in [5.74, 6) is 0.245. The minimum atomic E-state index is -1.62. The highest BCUT2D eigenvalue weighted by Crippen LogP contribution is 2.45. The van der Waals surface area contributed by atoms with Crippen molar-refractivity contribution >= 4 is 11.9 Å². The second-order valence-corrected chi connectivity index (χ2v) is 19.3. The first-order chi connectivity index (χ1) is 22.0. The van der Waals surface area contributed by atoms with Gasteiger partial charge in [-0.05, 0) is 122 Å². The van der Waals surface area contributed by atoms with E-state index in [2.05, 4.69) is 128 Å². The lowest BCUT2D eigenvalue weighted by molar-refractivity contribution is -0.169. The van der Waals surface area contributed by atoms with E-state index in [1.165, 1.54) is 0 Å². The molecule has 0 saturated carbocycles. The standard InChI is InChI=1S/C42H68N2O5/c1-18-19-20-42(34(46)48-29-24-38(8,9)43(16)39(10,11)25-29,35(47)49-30-26-40(12,13)44(17)41(14,15)27-30)23-28-21-31(36(2,3)4)33(45)32(22-28)37(5,6)7/h21-22,24,26,45H,18-20,23,25,27H2,1-17H3. The number of carbonyl (C=O) groups excluding carboxylic acids is 2. The Labute approximate surface area is 298 Å². The van der Waals surface area contributed by atoms with E-state index >= 15 is 0 Å². The molecule has 2 aliphatic heterocycles. The van der Waals surface area contributed by atoms with E-state index in [-0.39, 0.29) is 51.6 Å². The van der Waals surface area contributed by atoms with Gasteiger partial charge >= 0.3 is 11.9 Å². The zero-order valence-corrected chi connectivity index (χ0v) is 34.0. The number of hydrogen-bond acceptors (Lipinski definition) is 7. The van der Waals surface area contributed by atoms with E-state index in [4.69, 9.17) is 9.47 Å². The molecule has 0 bridgehead atoms. The van der Waals surface area contributed by atoms with Crippen molar-refractivity contribution in [1.82, 2.24) is 9.80 Å². The lowest BCUT2D eigenvalue weighted by Crippen LogP contribution is -2.56. The maximum atomic E-state index is 14.9. The van der Waals surface area contributed by atoms with Crippen LogP contribution in [0.4, 0.5) is 0 Å². The van der Waals surface area contributed by atoms with Crippen LogP contribution in [0.25, 0.3) is 0 Å². The molecule has 7 nitrogen and oxygen atoms in total. The second kappa shape index (κ2) is 13.5. The van der Waals surface area contributed by atoms with Crippen LogP contribution in [0.15, 0.2) is 35.8 Å². The molecule has 7 heteroatoms. The van der Waals surface area contributed by atoms with Gasteiger partial charge in [0.2, 0.25) is 0 Å². The van der Waals surface area contributed by atoms with Crippen LogP contribution in [0.3, 0.4) is 0 Å². The maximum Gasteiger partial charge on any atom is 0.328 e. The summed E-state index contributed by atoms with van der Waals surface area (Å²) in [6, 6.07) is 3.93. The molecule has 3 rings (SSSR count). The van der Waals surface area contributed by atoms with Gasteiger partial charge in [0, 0.05) is 35.0 Å². The molecule has 2 aliphatic rings. The molecule has 0 radical (unpaired) electrons. The number of hydrogen-bond donors (Lipinski definition) is 1. The van der Waals surface area contributed by atoms with E-state index in [0.717, 1.165) is 23.1 Å². The van der Waals surface area contributed by atoms with Gasteiger partial charge in [0.05, 0.1) is 0 Å². The van der Waals surface area contributed by atoms with E-state index in [9.17, 15) is 14.7 Å². The summed E-state index contributed by atoms with van der Waals surface area (Å²) in [5, 5.41) is 11.5. The van der Waals surface area contributed by atoms with E-state index in [1.807, 2.05) is 24.3 Å². The molecule has 276 valence electrons. The van der Waals surface area contributed by atoms with Crippen molar-refractivity contribution < 1.29 is 24.2 Å². The largest absolute Gasteiger partial charge is 0.507 e. The number of ether oxygens (including phenoxy) is 2. The summed E-state index contributed by atoms with van der Waals surface area (Å²) in [4.78, 5) is 34.4. The van der Waals surface area contributed by atoms with Crippen LogP contribution >= 0.6 is 0 Å². The Bertz CT molecular complexity index is 1380. The molecule has 0 fully saturated rings. The number of esters is 2. The number of aromatic hydroxyl groups is 1. The Morgan fingerprint density at radius 2 is 1.10 bits per heavy atom. The molecule has 0 aromatic heterocycles. The normalized spacial score (nSPS) is 21.1. The van der Waals surface area contributed by atoms with E-state index in [0.29, 0.717) is 30.8 Å². The van der Waals surface area contributed by atoms with Crippen LogP contribution in [0.5, 0.6) is 5.75 Å². The Morgan fingerprint density at radius 1 is 0.735 bits per heavy atom. The number of phenols is 1. The van der Waals surface area contributed by atoms with Crippen molar-refractivity contribution in [1.29, 1.82) is 0 Å². The quantitative estimate of drug-likeness (QED) is 0.206.